The van der Waals surface area contributed by atoms with Gasteiger partial charge in [-0.05, 0) is 37.6 Å². The monoisotopic (exact) mass is 288 g/mol. The number of carbonyl (C=O) groups is 1. The van der Waals surface area contributed by atoms with Gasteiger partial charge >= 0.3 is 0 Å². The molecule has 0 amide bonds. The van der Waals surface area contributed by atoms with Crippen LogP contribution < -0.4 is 0 Å². The molecular formula is C14H12N2O3S. The van der Waals surface area contributed by atoms with Crippen LogP contribution in [0.5, 0.6) is 0 Å². The number of rotatable bonds is 4. The third-order valence-corrected chi connectivity index (χ3v) is 3.75. The topological polar surface area (TPSA) is 73.1 Å². The lowest BCUT2D eigenvalue weighted by molar-refractivity contribution is -0.384. The summed E-state index contributed by atoms with van der Waals surface area (Å²) in [5.74, 6) is -0.105. The normalized spacial score (nSPS) is 10.9. The number of nitro groups is 1. The summed E-state index contributed by atoms with van der Waals surface area (Å²) >= 11 is 1.36. The first-order chi connectivity index (χ1) is 9.47. The van der Waals surface area contributed by atoms with Gasteiger partial charge in [0.25, 0.3) is 5.69 Å². The number of hydrogen-bond donors (Lipinski definition) is 0. The number of ketones is 1. The van der Waals surface area contributed by atoms with E-state index in [9.17, 15) is 14.9 Å². The zero-order valence-corrected chi connectivity index (χ0v) is 11.8. The highest BCUT2D eigenvalue weighted by Crippen LogP contribution is 2.19. The van der Waals surface area contributed by atoms with Gasteiger partial charge in [-0.1, -0.05) is 6.08 Å². The summed E-state index contributed by atoms with van der Waals surface area (Å²) in [5.41, 5.74) is 1.50. The fourth-order valence-corrected chi connectivity index (χ4v) is 2.55. The van der Waals surface area contributed by atoms with E-state index in [-0.39, 0.29) is 11.5 Å². The Labute approximate surface area is 119 Å². The Bertz CT molecular complexity index is 687. The number of nitro benzene ring substituents is 1. The van der Waals surface area contributed by atoms with Crippen molar-refractivity contribution in [2.75, 3.05) is 0 Å². The van der Waals surface area contributed by atoms with E-state index in [1.807, 2.05) is 6.92 Å². The SMILES string of the molecule is Cc1nc(C)c(C(=O)/C=C/c2ccc([N+](=O)[O-])cc2)s1. The smallest absolute Gasteiger partial charge is 0.269 e. The Hall–Kier alpha value is -2.34. The minimum atomic E-state index is -0.456. The van der Waals surface area contributed by atoms with Crippen molar-refractivity contribution >= 4 is 28.9 Å². The number of non-ortho nitro benzene ring substituents is 1. The quantitative estimate of drug-likeness (QED) is 0.373. The number of allylic oxidation sites excluding steroid dienone is 1. The van der Waals surface area contributed by atoms with Crippen LogP contribution in [0.4, 0.5) is 5.69 Å². The molecule has 0 bridgehead atoms. The highest BCUT2D eigenvalue weighted by molar-refractivity contribution is 7.13. The molecule has 2 rings (SSSR count). The molecule has 0 radical (unpaired) electrons. The second kappa shape index (κ2) is 5.75. The molecule has 0 fully saturated rings. The van der Waals surface area contributed by atoms with Crippen LogP contribution in [0.15, 0.2) is 30.3 Å². The maximum atomic E-state index is 12.0. The fraction of sp³-hybridized carbons (Fsp3) is 0.143. The Kier molecular flexibility index (Phi) is 4.05. The number of aromatic nitrogens is 1. The van der Waals surface area contributed by atoms with Crippen molar-refractivity contribution in [1.29, 1.82) is 0 Å². The summed E-state index contributed by atoms with van der Waals surface area (Å²) in [7, 11) is 0. The summed E-state index contributed by atoms with van der Waals surface area (Å²) in [4.78, 5) is 26.9. The van der Waals surface area contributed by atoms with Gasteiger partial charge in [0, 0.05) is 12.1 Å². The second-order valence-electron chi connectivity index (χ2n) is 4.19. The van der Waals surface area contributed by atoms with Gasteiger partial charge < -0.3 is 0 Å². The van der Waals surface area contributed by atoms with Gasteiger partial charge in [0.15, 0.2) is 5.78 Å². The minimum absolute atomic E-state index is 0.0300. The molecule has 1 heterocycles. The van der Waals surface area contributed by atoms with Gasteiger partial charge in [-0.3, -0.25) is 14.9 Å². The van der Waals surface area contributed by atoms with E-state index in [0.29, 0.717) is 4.88 Å². The van der Waals surface area contributed by atoms with Gasteiger partial charge in [-0.15, -0.1) is 11.3 Å². The molecule has 0 spiro atoms. The lowest BCUT2D eigenvalue weighted by Crippen LogP contribution is -1.93. The van der Waals surface area contributed by atoms with Crippen LogP contribution in [0.3, 0.4) is 0 Å². The summed E-state index contributed by atoms with van der Waals surface area (Å²) < 4.78 is 0. The Morgan fingerprint density at radius 1 is 1.30 bits per heavy atom. The molecule has 0 atom stereocenters. The maximum absolute atomic E-state index is 12.0. The number of thiazole rings is 1. The Morgan fingerprint density at radius 2 is 1.95 bits per heavy atom. The number of hydrogen-bond acceptors (Lipinski definition) is 5. The highest BCUT2D eigenvalue weighted by atomic mass is 32.1. The number of benzene rings is 1. The van der Waals surface area contributed by atoms with E-state index >= 15 is 0 Å². The van der Waals surface area contributed by atoms with Gasteiger partial charge in [0.1, 0.15) is 0 Å². The number of aryl methyl sites for hydroxylation is 2. The molecule has 0 aliphatic heterocycles. The molecule has 0 saturated carbocycles. The van der Waals surface area contributed by atoms with E-state index in [1.54, 1.807) is 25.1 Å². The average Bonchev–Trinajstić information content (AvgIpc) is 2.75. The van der Waals surface area contributed by atoms with Crippen molar-refractivity contribution in [3.05, 3.63) is 61.6 Å². The largest absolute Gasteiger partial charge is 0.288 e. The number of carbonyl (C=O) groups excluding carboxylic acids is 1. The van der Waals surface area contributed by atoms with Crippen molar-refractivity contribution in [2.24, 2.45) is 0 Å². The predicted octanol–water partition coefficient (Wildman–Crippen LogP) is 3.56. The first kappa shape index (κ1) is 14.1. The molecule has 2 aromatic rings. The molecular weight excluding hydrogens is 276 g/mol. The molecule has 6 heteroatoms. The summed E-state index contributed by atoms with van der Waals surface area (Å²) in [6.07, 6.45) is 3.10. The van der Waals surface area contributed by atoms with Crippen molar-refractivity contribution in [2.45, 2.75) is 13.8 Å². The van der Waals surface area contributed by atoms with E-state index < -0.39 is 4.92 Å². The lowest BCUT2D eigenvalue weighted by Gasteiger charge is -1.94. The summed E-state index contributed by atoms with van der Waals surface area (Å²) in [5, 5.41) is 11.4. The molecule has 0 saturated heterocycles. The molecule has 0 aliphatic carbocycles. The zero-order valence-electron chi connectivity index (χ0n) is 11.0. The Balaban J connectivity index is 2.15. The zero-order chi connectivity index (χ0) is 14.7. The van der Waals surface area contributed by atoms with Gasteiger partial charge in [0.05, 0.1) is 20.5 Å². The fourth-order valence-electron chi connectivity index (χ4n) is 1.71. The lowest BCUT2D eigenvalue weighted by atomic mass is 10.1. The Morgan fingerprint density at radius 3 is 2.45 bits per heavy atom. The third-order valence-electron chi connectivity index (χ3n) is 2.66. The van der Waals surface area contributed by atoms with E-state index in [0.717, 1.165) is 16.3 Å². The van der Waals surface area contributed by atoms with Crippen molar-refractivity contribution < 1.29 is 9.72 Å². The van der Waals surface area contributed by atoms with Crippen LogP contribution in [0.25, 0.3) is 6.08 Å². The standard InChI is InChI=1S/C14H12N2O3S/c1-9-14(20-10(2)15-9)13(17)8-5-11-3-6-12(7-4-11)16(18)19/h3-8H,1-2H3/b8-5+. The summed E-state index contributed by atoms with van der Waals surface area (Å²) in [6.45, 7) is 3.66. The van der Waals surface area contributed by atoms with E-state index in [1.165, 1.54) is 29.5 Å². The first-order valence-corrected chi connectivity index (χ1v) is 6.70. The molecule has 0 N–H and O–H groups in total. The van der Waals surface area contributed by atoms with Crippen LogP contribution in [0, 0.1) is 24.0 Å². The van der Waals surface area contributed by atoms with Gasteiger partial charge in [0.2, 0.25) is 0 Å². The highest BCUT2D eigenvalue weighted by Gasteiger charge is 2.10. The average molecular weight is 288 g/mol. The van der Waals surface area contributed by atoms with Crippen LogP contribution in [-0.2, 0) is 0 Å². The number of nitrogens with zero attached hydrogens (tertiary/aromatic N) is 2. The molecule has 1 aromatic carbocycles. The molecule has 0 aliphatic rings. The van der Waals surface area contributed by atoms with E-state index in [4.69, 9.17) is 0 Å². The maximum Gasteiger partial charge on any atom is 0.269 e. The molecule has 20 heavy (non-hydrogen) atoms. The first-order valence-electron chi connectivity index (χ1n) is 5.88. The molecule has 0 unspecified atom stereocenters. The van der Waals surface area contributed by atoms with Crippen molar-refractivity contribution in [1.82, 2.24) is 4.98 Å². The second-order valence-corrected chi connectivity index (χ2v) is 5.40. The molecule has 5 nitrogen and oxygen atoms in total. The minimum Gasteiger partial charge on any atom is -0.288 e. The van der Waals surface area contributed by atoms with Crippen LogP contribution in [0.2, 0.25) is 0 Å². The molecule has 1 aromatic heterocycles. The van der Waals surface area contributed by atoms with Crippen LogP contribution in [0.1, 0.15) is 25.9 Å². The van der Waals surface area contributed by atoms with Gasteiger partial charge in [-0.25, -0.2) is 4.98 Å². The van der Waals surface area contributed by atoms with E-state index in [2.05, 4.69) is 4.98 Å². The van der Waals surface area contributed by atoms with Crippen LogP contribution in [-0.4, -0.2) is 15.7 Å². The predicted molar refractivity (Wildman–Crippen MR) is 78.0 cm³/mol. The van der Waals surface area contributed by atoms with Crippen molar-refractivity contribution in [3.8, 4) is 0 Å². The van der Waals surface area contributed by atoms with Gasteiger partial charge in [-0.2, -0.15) is 0 Å². The third kappa shape index (κ3) is 3.16. The van der Waals surface area contributed by atoms with Crippen LogP contribution >= 0.6 is 11.3 Å². The van der Waals surface area contributed by atoms with Crippen molar-refractivity contribution in [3.63, 3.8) is 0 Å². The molecule has 102 valence electrons. The summed E-state index contributed by atoms with van der Waals surface area (Å²) in [6, 6.07) is 6.03.